The van der Waals surface area contributed by atoms with Gasteiger partial charge in [-0.05, 0) is 49.4 Å². The van der Waals surface area contributed by atoms with Gasteiger partial charge < -0.3 is 15.0 Å². The van der Waals surface area contributed by atoms with Crippen LogP contribution < -0.4 is 15.0 Å². The van der Waals surface area contributed by atoms with E-state index in [1.165, 1.54) is 0 Å². The number of carbonyl (C=O) groups is 2. The van der Waals surface area contributed by atoms with Crippen LogP contribution in [0.4, 0.5) is 5.69 Å². The van der Waals surface area contributed by atoms with E-state index in [1.807, 2.05) is 24.3 Å². The molecule has 2 fully saturated rings. The van der Waals surface area contributed by atoms with Crippen molar-refractivity contribution in [2.75, 3.05) is 18.1 Å². The molecule has 1 aromatic rings. The maximum absolute atomic E-state index is 12.5. The van der Waals surface area contributed by atoms with E-state index in [4.69, 9.17) is 4.74 Å². The maximum atomic E-state index is 12.5. The van der Waals surface area contributed by atoms with Crippen LogP contribution in [0.15, 0.2) is 24.3 Å². The van der Waals surface area contributed by atoms with Gasteiger partial charge >= 0.3 is 0 Å². The fourth-order valence-corrected chi connectivity index (χ4v) is 2.58. The first-order valence-corrected chi connectivity index (χ1v) is 7.52. The molecule has 5 heteroatoms. The molecule has 1 heterocycles. The number of anilines is 1. The highest BCUT2D eigenvalue weighted by Gasteiger charge is 2.42. The van der Waals surface area contributed by atoms with Crippen molar-refractivity contribution in [3.8, 4) is 5.75 Å². The van der Waals surface area contributed by atoms with E-state index >= 15 is 0 Å². The van der Waals surface area contributed by atoms with Crippen molar-refractivity contribution >= 4 is 17.5 Å². The molecule has 1 N–H and O–H groups in total. The number of hydrogen-bond donors (Lipinski definition) is 1. The highest BCUT2D eigenvalue weighted by molar-refractivity contribution is 6.06. The van der Waals surface area contributed by atoms with Crippen molar-refractivity contribution in [3.63, 3.8) is 0 Å². The summed E-state index contributed by atoms with van der Waals surface area (Å²) < 4.78 is 5.53. The Morgan fingerprint density at radius 3 is 2.57 bits per heavy atom. The second-order valence-corrected chi connectivity index (χ2v) is 5.65. The van der Waals surface area contributed by atoms with Crippen LogP contribution in [0.3, 0.4) is 0 Å². The van der Waals surface area contributed by atoms with Gasteiger partial charge in [-0.1, -0.05) is 6.92 Å². The molecule has 1 unspecified atom stereocenters. The largest absolute Gasteiger partial charge is 0.494 e. The van der Waals surface area contributed by atoms with E-state index in [-0.39, 0.29) is 24.4 Å². The van der Waals surface area contributed by atoms with Crippen LogP contribution in [-0.4, -0.2) is 31.0 Å². The van der Waals surface area contributed by atoms with Gasteiger partial charge in [0.1, 0.15) is 18.3 Å². The summed E-state index contributed by atoms with van der Waals surface area (Å²) in [7, 11) is 0. The van der Waals surface area contributed by atoms with E-state index in [0.717, 1.165) is 30.7 Å². The third kappa shape index (κ3) is 3.01. The van der Waals surface area contributed by atoms with Gasteiger partial charge in [-0.15, -0.1) is 0 Å². The van der Waals surface area contributed by atoms with Gasteiger partial charge in [0.05, 0.1) is 6.61 Å². The van der Waals surface area contributed by atoms with Crippen LogP contribution in [-0.2, 0) is 9.59 Å². The molecule has 1 aromatic carbocycles. The lowest BCUT2D eigenvalue weighted by molar-refractivity contribution is -0.131. The molecule has 1 saturated carbocycles. The van der Waals surface area contributed by atoms with Crippen LogP contribution in [0.2, 0.25) is 0 Å². The van der Waals surface area contributed by atoms with Crippen molar-refractivity contribution in [1.29, 1.82) is 0 Å². The predicted molar refractivity (Wildman–Crippen MR) is 79.2 cm³/mol. The summed E-state index contributed by atoms with van der Waals surface area (Å²) in [4.78, 5) is 25.9. The van der Waals surface area contributed by atoms with Gasteiger partial charge in [0.25, 0.3) is 0 Å². The summed E-state index contributed by atoms with van der Waals surface area (Å²) >= 11 is 0. The summed E-state index contributed by atoms with van der Waals surface area (Å²) in [6.07, 6.45) is 3.00. The quantitative estimate of drug-likeness (QED) is 0.897. The predicted octanol–water partition coefficient (Wildman–Crippen LogP) is 1.72. The molecule has 1 saturated heterocycles. The lowest BCUT2D eigenvalue weighted by Gasteiger charge is -2.32. The molecule has 0 spiro atoms. The molecule has 1 aliphatic carbocycles. The first kappa shape index (κ1) is 13.9. The first-order chi connectivity index (χ1) is 10.2. The van der Waals surface area contributed by atoms with Crippen molar-refractivity contribution in [3.05, 3.63) is 24.3 Å². The number of carbonyl (C=O) groups excluding carboxylic acids is 2. The minimum atomic E-state index is -0.345. The minimum absolute atomic E-state index is 0.000624. The van der Waals surface area contributed by atoms with Gasteiger partial charge in [0.15, 0.2) is 0 Å². The lowest BCUT2D eigenvalue weighted by atomic mass is 10.1. The Morgan fingerprint density at radius 1 is 1.24 bits per heavy atom. The van der Waals surface area contributed by atoms with Crippen molar-refractivity contribution in [2.45, 2.75) is 32.2 Å². The Morgan fingerprint density at radius 2 is 1.95 bits per heavy atom. The molecule has 1 atom stereocenters. The Kier molecular flexibility index (Phi) is 3.82. The summed E-state index contributed by atoms with van der Waals surface area (Å²) in [5.41, 5.74) is 0.754. The number of benzene rings is 1. The molecule has 0 bridgehead atoms. The Hall–Kier alpha value is -2.04. The fourth-order valence-electron chi connectivity index (χ4n) is 2.58. The Labute approximate surface area is 124 Å². The summed E-state index contributed by atoms with van der Waals surface area (Å²) in [5.74, 6) is 1.02. The number of amides is 2. The fraction of sp³-hybridized carbons (Fsp3) is 0.500. The zero-order chi connectivity index (χ0) is 14.8. The van der Waals surface area contributed by atoms with Crippen molar-refractivity contribution < 1.29 is 14.3 Å². The summed E-state index contributed by atoms with van der Waals surface area (Å²) in [6.45, 7) is 2.82. The molecular formula is C16H20N2O3. The van der Waals surface area contributed by atoms with Crippen LogP contribution >= 0.6 is 0 Å². The molecule has 0 radical (unpaired) electrons. The van der Waals surface area contributed by atoms with Gasteiger partial charge in [0, 0.05) is 5.69 Å². The van der Waals surface area contributed by atoms with E-state index in [2.05, 4.69) is 12.2 Å². The molecule has 1 aliphatic heterocycles. The normalized spacial score (nSPS) is 22.1. The standard InChI is InChI=1S/C16H20N2O3/c1-2-9-21-13-7-5-12(6-8-13)18-10-14(19)17-15(16(18)20)11-3-4-11/h5-8,11,15H,2-4,9-10H2,1H3,(H,17,19). The molecule has 21 heavy (non-hydrogen) atoms. The molecule has 112 valence electrons. The molecule has 0 aromatic heterocycles. The monoisotopic (exact) mass is 288 g/mol. The van der Waals surface area contributed by atoms with Crippen molar-refractivity contribution in [1.82, 2.24) is 5.32 Å². The van der Waals surface area contributed by atoms with Gasteiger partial charge in [0.2, 0.25) is 11.8 Å². The second kappa shape index (κ2) is 5.76. The topological polar surface area (TPSA) is 58.6 Å². The first-order valence-electron chi connectivity index (χ1n) is 7.52. The zero-order valence-electron chi connectivity index (χ0n) is 12.2. The number of piperazine rings is 1. The van der Waals surface area contributed by atoms with E-state index < -0.39 is 0 Å². The van der Waals surface area contributed by atoms with Gasteiger partial charge in [-0.2, -0.15) is 0 Å². The third-order valence-electron chi connectivity index (χ3n) is 3.86. The number of nitrogens with zero attached hydrogens (tertiary/aromatic N) is 1. The van der Waals surface area contributed by atoms with E-state index in [1.54, 1.807) is 4.90 Å². The van der Waals surface area contributed by atoms with Crippen LogP contribution in [0, 0.1) is 5.92 Å². The van der Waals surface area contributed by atoms with Crippen LogP contribution in [0.25, 0.3) is 0 Å². The van der Waals surface area contributed by atoms with Crippen LogP contribution in [0.5, 0.6) is 5.75 Å². The highest BCUT2D eigenvalue weighted by Crippen LogP contribution is 2.35. The SMILES string of the molecule is CCCOc1ccc(N2CC(=O)NC(C3CC3)C2=O)cc1. The second-order valence-electron chi connectivity index (χ2n) is 5.65. The molecule has 5 nitrogen and oxygen atoms in total. The number of rotatable bonds is 5. The molecule has 2 amide bonds. The Balaban J connectivity index is 1.74. The summed E-state index contributed by atoms with van der Waals surface area (Å²) in [5, 5.41) is 2.81. The number of hydrogen-bond acceptors (Lipinski definition) is 3. The number of ether oxygens (including phenoxy) is 1. The third-order valence-corrected chi connectivity index (χ3v) is 3.86. The number of nitrogens with one attached hydrogen (secondary N) is 1. The van der Waals surface area contributed by atoms with Crippen molar-refractivity contribution in [2.24, 2.45) is 5.92 Å². The lowest BCUT2D eigenvalue weighted by Crippen LogP contribution is -2.59. The molecule has 3 rings (SSSR count). The maximum Gasteiger partial charge on any atom is 0.250 e. The van der Waals surface area contributed by atoms with E-state index in [9.17, 15) is 9.59 Å². The summed E-state index contributed by atoms with van der Waals surface area (Å²) in [6, 6.07) is 7.02. The molecule has 2 aliphatic rings. The average Bonchev–Trinajstić information content (AvgIpc) is 3.32. The highest BCUT2D eigenvalue weighted by atomic mass is 16.5. The van der Waals surface area contributed by atoms with E-state index in [0.29, 0.717) is 12.5 Å². The minimum Gasteiger partial charge on any atom is -0.494 e. The van der Waals surface area contributed by atoms with Crippen LogP contribution in [0.1, 0.15) is 26.2 Å². The Bertz CT molecular complexity index is 537. The van der Waals surface area contributed by atoms with Gasteiger partial charge in [-0.3, -0.25) is 9.59 Å². The zero-order valence-corrected chi connectivity index (χ0v) is 12.2. The van der Waals surface area contributed by atoms with Gasteiger partial charge in [-0.25, -0.2) is 0 Å². The average molecular weight is 288 g/mol. The molecular weight excluding hydrogens is 268 g/mol. The smallest absolute Gasteiger partial charge is 0.250 e.